The summed E-state index contributed by atoms with van der Waals surface area (Å²) < 4.78 is 11.9. The number of amides is 1. The number of hydrogen-bond acceptors (Lipinski definition) is 4. The first-order chi connectivity index (χ1) is 12.1. The molecule has 25 heavy (non-hydrogen) atoms. The van der Waals surface area contributed by atoms with Crippen molar-refractivity contribution in [2.24, 2.45) is 0 Å². The van der Waals surface area contributed by atoms with Crippen LogP contribution in [0, 0.1) is 0 Å². The minimum Gasteiger partial charge on any atom is -0.467 e. The third-order valence-electron chi connectivity index (χ3n) is 4.66. The minimum atomic E-state index is -0.243. The lowest BCUT2D eigenvalue weighted by atomic mass is 9.82. The highest BCUT2D eigenvalue weighted by Gasteiger charge is 2.34. The molecule has 1 saturated heterocycles. The molecule has 1 amide bonds. The molecule has 0 saturated carbocycles. The molecule has 0 radical (unpaired) electrons. The van der Waals surface area contributed by atoms with Crippen LogP contribution in [0.5, 0.6) is 0 Å². The van der Waals surface area contributed by atoms with Gasteiger partial charge in [-0.1, -0.05) is 28.1 Å². The van der Waals surface area contributed by atoms with Crippen LogP contribution in [0.2, 0.25) is 0 Å². The van der Waals surface area contributed by atoms with E-state index in [4.69, 9.17) is 9.15 Å². The van der Waals surface area contributed by atoms with Crippen molar-refractivity contribution in [3.63, 3.8) is 0 Å². The number of furan rings is 1. The van der Waals surface area contributed by atoms with Gasteiger partial charge in [0, 0.05) is 23.2 Å². The van der Waals surface area contributed by atoms with Crippen LogP contribution in [-0.2, 0) is 15.1 Å². The fourth-order valence-corrected chi connectivity index (χ4v) is 3.62. The summed E-state index contributed by atoms with van der Waals surface area (Å²) in [5, 5.41) is 6.45. The summed E-state index contributed by atoms with van der Waals surface area (Å²) >= 11 is 3.54. The lowest BCUT2D eigenvalue weighted by Crippen LogP contribution is -2.50. The van der Waals surface area contributed by atoms with E-state index in [-0.39, 0.29) is 24.0 Å². The molecule has 1 fully saturated rings. The van der Waals surface area contributed by atoms with E-state index in [1.54, 1.807) is 6.26 Å². The number of ether oxygens (including phenoxy) is 1. The lowest BCUT2D eigenvalue weighted by molar-refractivity contribution is -0.121. The molecule has 2 heterocycles. The molecule has 1 unspecified atom stereocenters. The van der Waals surface area contributed by atoms with Gasteiger partial charge in [0.05, 0.1) is 18.8 Å². The number of hydrogen-bond donors (Lipinski definition) is 2. The van der Waals surface area contributed by atoms with E-state index in [1.165, 1.54) is 5.56 Å². The van der Waals surface area contributed by atoms with Crippen LogP contribution >= 0.6 is 15.9 Å². The van der Waals surface area contributed by atoms with Crippen molar-refractivity contribution >= 4 is 21.8 Å². The molecule has 1 atom stereocenters. The van der Waals surface area contributed by atoms with Gasteiger partial charge in [0.1, 0.15) is 5.76 Å². The summed E-state index contributed by atoms with van der Waals surface area (Å²) in [4.78, 5) is 12.4. The van der Waals surface area contributed by atoms with E-state index < -0.39 is 0 Å². The van der Waals surface area contributed by atoms with E-state index in [0.717, 1.165) is 23.1 Å². The highest BCUT2D eigenvalue weighted by Crippen LogP contribution is 2.33. The van der Waals surface area contributed by atoms with Crippen LogP contribution in [0.25, 0.3) is 0 Å². The van der Waals surface area contributed by atoms with Crippen molar-refractivity contribution in [1.29, 1.82) is 0 Å². The van der Waals surface area contributed by atoms with Gasteiger partial charge in [-0.2, -0.15) is 0 Å². The molecule has 1 aliphatic rings. The third-order valence-corrected chi connectivity index (χ3v) is 5.15. The largest absolute Gasteiger partial charge is 0.467 e. The summed E-state index contributed by atoms with van der Waals surface area (Å²) in [6, 6.07) is 11.8. The Hall–Kier alpha value is -1.63. The molecule has 134 valence electrons. The van der Waals surface area contributed by atoms with Crippen LogP contribution < -0.4 is 10.6 Å². The first-order valence-electron chi connectivity index (χ1n) is 8.51. The van der Waals surface area contributed by atoms with Crippen molar-refractivity contribution in [3.05, 3.63) is 58.5 Å². The lowest BCUT2D eigenvalue weighted by Gasteiger charge is -2.39. The Morgan fingerprint density at radius 1 is 1.28 bits per heavy atom. The first kappa shape index (κ1) is 18.2. The van der Waals surface area contributed by atoms with Gasteiger partial charge in [-0.05, 0) is 49.6 Å². The first-order valence-corrected chi connectivity index (χ1v) is 9.30. The van der Waals surface area contributed by atoms with Gasteiger partial charge in [0.25, 0.3) is 0 Å². The molecule has 1 aromatic carbocycles. The Morgan fingerprint density at radius 2 is 2.08 bits per heavy atom. The van der Waals surface area contributed by atoms with Gasteiger partial charge in [0.15, 0.2) is 0 Å². The zero-order chi connectivity index (χ0) is 17.7. The average Bonchev–Trinajstić information content (AvgIpc) is 3.16. The van der Waals surface area contributed by atoms with Crippen LogP contribution in [0.4, 0.5) is 0 Å². The summed E-state index contributed by atoms with van der Waals surface area (Å²) in [5.41, 5.74) is 0.935. The van der Waals surface area contributed by atoms with E-state index in [2.05, 4.69) is 38.7 Å². The van der Waals surface area contributed by atoms with E-state index >= 15 is 0 Å². The van der Waals surface area contributed by atoms with Crippen LogP contribution in [-0.4, -0.2) is 25.7 Å². The topological polar surface area (TPSA) is 63.5 Å². The van der Waals surface area contributed by atoms with Crippen LogP contribution in [0.1, 0.15) is 37.1 Å². The molecule has 6 heteroatoms. The van der Waals surface area contributed by atoms with E-state index in [0.29, 0.717) is 13.2 Å². The Kier molecular flexibility index (Phi) is 5.93. The molecule has 0 bridgehead atoms. The Labute approximate surface area is 156 Å². The molecule has 5 nitrogen and oxygen atoms in total. The van der Waals surface area contributed by atoms with Crippen molar-refractivity contribution in [1.82, 2.24) is 10.6 Å². The Balaban J connectivity index is 1.66. The fraction of sp³-hybridized carbons (Fsp3) is 0.421. The predicted octanol–water partition coefficient (Wildman–Crippen LogP) is 3.51. The van der Waals surface area contributed by atoms with Gasteiger partial charge in [-0.15, -0.1) is 0 Å². The standard InChI is InChI=1S/C19H23BrN2O3/c1-14(17-6-3-9-25-17)22-18(23)13-21-19(7-10-24-11-8-19)15-4-2-5-16(20)12-15/h2-6,9,12,14,21H,7-8,10-11,13H2,1H3,(H,22,23). The SMILES string of the molecule is CC(NC(=O)CNC1(c2cccc(Br)c2)CCOCC1)c1ccco1. The van der Waals surface area contributed by atoms with Gasteiger partial charge in [-0.3, -0.25) is 10.1 Å². The summed E-state index contributed by atoms with van der Waals surface area (Å²) in [7, 11) is 0. The molecular formula is C19H23BrN2O3. The van der Waals surface area contributed by atoms with Gasteiger partial charge >= 0.3 is 0 Å². The van der Waals surface area contributed by atoms with Crippen LogP contribution in [0.15, 0.2) is 51.6 Å². The van der Waals surface area contributed by atoms with Crippen molar-refractivity contribution < 1.29 is 13.9 Å². The second-order valence-electron chi connectivity index (χ2n) is 6.36. The zero-order valence-electron chi connectivity index (χ0n) is 14.3. The second kappa shape index (κ2) is 8.17. The molecule has 1 aliphatic heterocycles. The maximum absolute atomic E-state index is 12.4. The number of nitrogens with one attached hydrogen (secondary N) is 2. The smallest absolute Gasteiger partial charge is 0.234 e. The normalized spacial score (nSPS) is 17.8. The number of halogens is 1. The quantitative estimate of drug-likeness (QED) is 0.770. The molecule has 0 aliphatic carbocycles. The maximum Gasteiger partial charge on any atom is 0.234 e. The number of carbonyl (C=O) groups excluding carboxylic acids is 1. The highest BCUT2D eigenvalue weighted by molar-refractivity contribution is 9.10. The molecule has 3 rings (SSSR count). The Bertz CT molecular complexity index is 696. The average molecular weight is 407 g/mol. The van der Waals surface area contributed by atoms with E-state index in [9.17, 15) is 4.79 Å². The van der Waals surface area contributed by atoms with Crippen molar-refractivity contribution in [3.8, 4) is 0 Å². The monoisotopic (exact) mass is 406 g/mol. The minimum absolute atomic E-state index is 0.0511. The number of rotatable bonds is 6. The highest BCUT2D eigenvalue weighted by atomic mass is 79.9. The van der Waals surface area contributed by atoms with Gasteiger partial charge in [-0.25, -0.2) is 0 Å². The third kappa shape index (κ3) is 4.51. The molecule has 2 N–H and O–H groups in total. The van der Waals surface area contributed by atoms with Crippen molar-refractivity contribution in [2.75, 3.05) is 19.8 Å². The maximum atomic E-state index is 12.4. The summed E-state index contributed by atoms with van der Waals surface area (Å²) in [6.45, 7) is 3.53. The molecular weight excluding hydrogens is 384 g/mol. The predicted molar refractivity (Wildman–Crippen MR) is 99.1 cm³/mol. The molecule has 0 spiro atoms. The van der Waals surface area contributed by atoms with Crippen LogP contribution in [0.3, 0.4) is 0 Å². The van der Waals surface area contributed by atoms with Gasteiger partial charge in [0.2, 0.25) is 5.91 Å². The van der Waals surface area contributed by atoms with Crippen molar-refractivity contribution in [2.45, 2.75) is 31.3 Å². The van der Waals surface area contributed by atoms with Gasteiger partial charge < -0.3 is 14.5 Å². The summed E-state index contributed by atoms with van der Waals surface area (Å²) in [5.74, 6) is 0.700. The zero-order valence-corrected chi connectivity index (χ0v) is 15.8. The number of benzene rings is 1. The summed E-state index contributed by atoms with van der Waals surface area (Å²) in [6.07, 6.45) is 3.29. The molecule has 1 aromatic heterocycles. The second-order valence-corrected chi connectivity index (χ2v) is 7.28. The molecule has 2 aromatic rings. The fourth-order valence-electron chi connectivity index (χ4n) is 3.22. The van der Waals surface area contributed by atoms with E-state index in [1.807, 2.05) is 31.2 Å². The Morgan fingerprint density at radius 3 is 2.76 bits per heavy atom. The number of carbonyl (C=O) groups is 1.